The molecule has 0 aromatic carbocycles. The van der Waals surface area contributed by atoms with Gasteiger partial charge in [0, 0.05) is 19.4 Å². The number of aryl methyl sites for hydroxylation is 1. The summed E-state index contributed by atoms with van der Waals surface area (Å²) in [5, 5.41) is 3.77. The first-order valence-corrected chi connectivity index (χ1v) is 8.46. The molecule has 0 spiro atoms. The maximum Gasteiger partial charge on any atom is 0.125 e. The smallest absolute Gasteiger partial charge is 0.125 e. The Labute approximate surface area is 122 Å². The first kappa shape index (κ1) is 12.9. The molecule has 1 aromatic heterocycles. The molecular weight excluding hydrogens is 246 g/mol. The number of imidazole rings is 1. The van der Waals surface area contributed by atoms with E-state index in [0.717, 1.165) is 36.1 Å². The lowest BCUT2D eigenvalue weighted by Gasteiger charge is -2.56. The average molecular weight is 273 g/mol. The molecule has 0 saturated heterocycles. The number of rotatable bonds is 4. The molecule has 5 rings (SSSR count). The normalized spacial score (nSPS) is 40.2. The van der Waals surface area contributed by atoms with Gasteiger partial charge in [-0.15, -0.1) is 0 Å². The van der Waals surface area contributed by atoms with Gasteiger partial charge in [0.1, 0.15) is 5.82 Å². The van der Waals surface area contributed by atoms with Crippen molar-refractivity contribution < 1.29 is 0 Å². The fourth-order valence-corrected chi connectivity index (χ4v) is 5.81. The van der Waals surface area contributed by atoms with E-state index in [1.165, 1.54) is 37.9 Å². The van der Waals surface area contributed by atoms with Crippen molar-refractivity contribution in [3.63, 3.8) is 0 Å². The van der Waals surface area contributed by atoms with E-state index in [1.807, 2.05) is 6.20 Å². The third kappa shape index (κ3) is 1.93. The van der Waals surface area contributed by atoms with Crippen LogP contribution >= 0.6 is 0 Å². The molecule has 4 aliphatic rings. The second-order valence-electron chi connectivity index (χ2n) is 7.44. The molecule has 4 aliphatic carbocycles. The second-order valence-corrected chi connectivity index (χ2v) is 7.44. The molecular formula is C17H27N3. The molecule has 110 valence electrons. The highest BCUT2D eigenvalue weighted by molar-refractivity contribution is 5.08. The molecule has 0 amide bonds. The zero-order valence-corrected chi connectivity index (χ0v) is 12.8. The molecule has 4 fully saturated rings. The fraction of sp³-hybridized carbons (Fsp3) is 0.824. The van der Waals surface area contributed by atoms with Crippen LogP contribution in [0.1, 0.15) is 50.9 Å². The number of hydrogen-bond acceptors (Lipinski definition) is 2. The molecule has 1 heterocycles. The van der Waals surface area contributed by atoms with Crippen molar-refractivity contribution in [3.8, 4) is 0 Å². The van der Waals surface area contributed by atoms with Crippen molar-refractivity contribution in [3.05, 3.63) is 18.2 Å². The zero-order chi connectivity index (χ0) is 13.7. The van der Waals surface area contributed by atoms with E-state index in [2.05, 4.69) is 35.0 Å². The highest BCUT2D eigenvalue weighted by Crippen LogP contribution is 2.59. The van der Waals surface area contributed by atoms with Gasteiger partial charge in [-0.05, 0) is 68.2 Å². The van der Waals surface area contributed by atoms with Gasteiger partial charge in [0.05, 0.1) is 6.04 Å². The molecule has 3 nitrogen and oxygen atoms in total. The van der Waals surface area contributed by atoms with E-state index in [1.54, 1.807) is 0 Å². The van der Waals surface area contributed by atoms with Crippen molar-refractivity contribution >= 4 is 0 Å². The Morgan fingerprint density at radius 1 is 1.20 bits per heavy atom. The van der Waals surface area contributed by atoms with Gasteiger partial charge in [0.15, 0.2) is 0 Å². The van der Waals surface area contributed by atoms with Crippen LogP contribution in [-0.4, -0.2) is 16.1 Å². The largest absolute Gasteiger partial charge is 0.337 e. The van der Waals surface area contributed by atoms with Crippen LogP contribution < -0.4 is 5.32 Å². The highest BCUT2D eigenvalue weighted by Gasteiger charge is 2.51. The molecule has 1 atom stereocenters. The summed E-state index contributed by atoms with van der Waals surface area (Å²) < 4.78 is 2.22. The summed E-state index contributed by atoms with van der Waals surface area (Å²) in [6.45, 7) is 3.27. The summed E-state index contributed by atoms with van der Waals surface area (Å²) in [6.07, 6.45) is 11.5. The highest BCUT2D eigenvalue weighted by atomic mass is 15.1. The molecule has 3 heteroatoms. The predicted octanol–water partition coefficient (Wildman–Crippen LogP) is 3.14. The zero-order valence-electron chi connectivity index (χ0n) is 12.8. The summed E-state index contributed by atoms with van der Waals surface area (Å²) in [5.41, 5.74) is 0. The van der Waals surface area contributed by atoms with E-state index in [-0.39, 0.29) is 0 Å². The van der Waals surface area contributed by atoms with Crippen LogP contribution in [0.2, 0.25) is 0 Å². The quantitative estimate of drug-likeness (QED) is 0.913. The van der Waals surface area contributed by atoms with Crippen LogP contribution in [0.3, 0.4) is 0 Å². The molecule has 1 aromatic rings. The monoisotopic (exact) mass is 273 g/mol. The SMILES string of the molecule is CCNC(c1nccn1C)C1C2CC3CC(C2)CC1C3. The standard InChI is InChI=1S/C17H27N3/c1-3-18-16(17-19-4-5-20(17)2)15-13-7-11-6-12(9-13)10-14(15)8-11/h4-5,11-16,18H,3,6-10H2,1-2H3. The minimum atomic E-state index is 0.468. The first-order chi connectivity index (χ1) is 9.76. The van der Waals surface area contributed by atoms with Gasteiger partial charge in [-0.25, -0.2) is 4.98 Å². The summed E-state index contributed by atoms with van der Waals surface area (Å²) in [5.74, 6) is 6.09. The Morgan fingerprint density at radius 2 is 1.85 bits per heavy atom. The van der Waals surface area contributed by atoms with Crippen molar-refractivity contribution in [1.82, 2.24) is 14.9 Å². The van der Waals surface area contributed by atoms with E-state index >= 15 is 0 Å². The van der Waals surface area contributed by atoms with E-state index in [0.29, 0.717) is 6.04 Å². The number of nitrogens with zero attached hydrogens (tertiary/aromatic N) is 2. The third-order valence-corrected chi connectivity index (χ3v) is 6.25. The lowest BCUT2D eigenvalue weighted by atomic mass is 9.50. The molecule has 4 saturated carbocycles. The molecule has 0 radical (unpaired) electrons. The van der Waals surface area contributed by atoms with Crippen LogP contribution in [0.4, 0.5) is 0 Å². The molecule has 1 unspecified atom stereocenters. The van der Waals surface area contributed by atoms with E-state index in [4.69, 9.17) is 0 Å². The van der Waals surface area contributed by atoms with Crippen LogP contribution in [0.15, 0.2) is 12.4 Å². The van der Waals surface area contributed by atoms with Gasteiger partial charge in [-0.3, -0.25) is 0 Å². The van der Waals surface area contributed by atoms with Crippen LogP contribution in [0.25, 0.3) is 0 Å². The molecule has 4 bridgehead atoms. The minimum Gasteiger partial charge on any atom is -0.337 e. The van der Waals surface area contributed by atoms with Crippen LogP contribution in [-0.2, 0) is 7.05 Å². The Morgan fingerprint density at radius 3 is 2.35 bits per heavy atom. The Balaban J connectivity index is 1.65. The third-order valence-electron chi connectivity index (χ3n) is 6.25. The molecule has 0 aliphatic heterocycles. The Hall–Kier alpha value is -0.830. The van der Waals surface area contributed by atoms with Gasteiger partial charge >= 0.3 is 0 Å². The lowest BCUT2D eigenvalue weighted by molar-refractivity contribution is -0.0538. The number of nitrogens with one attached hydrogen (secondary N) is 1. The topological polar surface area (TPSA) is 29.9 Å². The maximum atomic E-state index is 4.67. The Bertz CT molecular complexity index is 450. The Kier molecular flexibility index (Phi) is 3.13. The fourth-order valence-electron chi connectivity index (χ4n) is 5.81. The summed E-state index contributed by atoms with van der Waals surface area (Å²) >= 11 is 0. The van der Waals surface area contributed by atoms with E-state index in [9.17, 15) is 0 Å². The van der Waals surface area contributed by atoms with Crippen molar-refractivity contribution in [2.45, 2.75) is 45.1 Å². The predicted molar refractivity (Wildman–Crippen MR) is 80.2 cm³/mol. The summed E-state index contributed by atoms with van der Waals surface area (Å²) in [4.78, 5) is 4.67. The number of hydrogen-bond donors (Lipinski definition) is 1. The molecule has 1 N–H and O–H groups in total. The number of aromatic nitrogens is 2. The van der Waals surface area contributed by atoms with Gasteiger partial charge in [0.25, 0.3) is 0 Å². The minimum absolute atomic E-state index is 0.468. The summed E-state index contributed by atoms with van der Waals surface area (Å²) in [7, 11) is 2.14. The summed E-state index contributed by atoms with van der Waals surface area (Å²) in [6, 6.07) is 0.468. The average Bonchev–Trinajstić information content (AvgIpc) is 2.82. The van der Waals surface area contributed by atoms with Gasteiger partial charge in [-0.2, -0.15) is 0 Å². The van der Waals surface area contributed by atoms with Crippen LogP contribution in [0, 0.1) is 29.6 Å². The first-order valence-electron chi connectivity index (χ1n) is 8.46. The second kappa shape index (κ2) is 4.87. The van der Waals surface area contributed by atoms with Crippen LogP contribution in [0.5, 0.6) is 0 Å². The van der Waals surface area contributed by atoms with E-state index < -0.39 is 0 Å². The van der Waals surface area contributed by atoms with Crippen molar-refractivity contribution in [2.24, 2.45) is 36.6 Å². The van der Waals surface area contributed by atoms with Gasteiger partial charge in [-0.1, -0.05) is 6.92 Å². The maximum absolute atomic E-state index is 4.67. The van der Waals surface area contributed by atoms with Gasteiger partial charge < -0.3 is 9.88 Å². The van der Waals surface area contributed by atoms with Crippen molar-refractivity contribution in [1.29, 1.82) is 0 Å². The van der Waals surface area contributed by atoms with Gasteiger partial charge in [0.2, 0.25) is 0 Å². The van der Waals surface area contributed by atoms with Crippen molar-refractivity contribution in [2.75, 3.05) is 6.54 Å². The molecule has 20 heavy (non-hydrogen) atoms. The lowest BCUT2D eigenvalue weighted by Crippen LogP contribution is -2.50.